The Labute approximate surface area is 119 Å². The number of amides is 1. The first-order valence-corrected chi connectivity index (χ1v) is 6.85. The Hall–Kier alpha value is -1.69. The van der Waals surface area contributed by atoms with E-state index in [0.717, 1.165) is 16.6 Å². The van der Waals surface area contributed by atoms with Crippen LogP contribution >= 0.6 is 15.9 Å². The van der Waals surface area contributed by atoms with Crippen molar-refractivity contribution in [1.29, 1.82) is 0 Å². The van der Waals surface area contributed by atoms with Crippen LogP contribution in [0.15, 0.2) is 29.0 Å². The molecule has 0 spiro atoms. The topological polar surface area (TPSA) is 51.0 Å². The summed E-state index contributed by atoms with van der Waals surface area (Å²) in [6.07, 6.45) is 4.36. The van der Waals surface area contributed by atoms with Crippen molar-refractivity contribution in [2.75, 3.05) is 6.54 Å². The zero-order chi connectivity index (χ0) is 13.4. The summed E-state index contributed by atoms with van der Waals surface area (Å²) in [5.41, 5.74) is 2.65. The molecule has 0 saturated carbocycles. The van der Waals surface area contributed by atoms with Crippen LogP contribution in [-0.4, -0.2) is 32.1 Å². The lowest BCUT2D eigenvalue weighted by Crippen LogP contribution is -2.36. The Balaban J connectivity index is 1.84. The van der Waals surface area contributed by atoms with Crippen LogP contribution in [0.4, 0.5) is 0 Å². The highest BCUT2D eigenvalue weighted by Gasteiger charge is 2.24. The van der Waals surface area contributed by atoms with Gasteiger partial charge in [0.15, 0.2) is 0 Å². The zero-order valence-corrected chi connectivity index (χ0v) is 12.1. The highest BCUT2D eigenvalue weighted by Crippen LogP contribution is 2.25. The zero-order valence-electron chi connectivity index (χ0n) is 10.5. The largest absolute Gasteiger partial charge is 0.331 e. The van der Waals surface area contributed by atoms with E-state index in [2.05, 4.69) is 26.0 Å². The van der Waals surface area contributed by atoms with Crippen LogP contribution in [0.2, 0.25) is 0 Å². The Bertz CT molecular complexity index is 637. The van der Waals surface area contributed by atoms with Crippen molar-refractivity contribution < 1.29 is 4.79 Å². The number of hydrogen-bond acceptors (Lipinski definition) is 3. The molecule has 0 saturated heterocycles. The second kappa shape index (κ2) is 4.77. The summed E-state index contributed by atoms with van der Waals surface area (Å²) in [4.78, 5) is 18.5. The molecular weight excluding hydrogens is 308 g/mol. The molecule has 1 amide bonds. The van der Waals surface area contributed by atoms with Crippen LogP contribution in [0.5, 0.6) is 0 Å². The first kappa shape index (κ1) is 12.3. The van der Waals surface area contributed by atoms with Crippen LogP contribution in [0.25, 0.3) is 0 Å². The van der Waals surface area contributed by atoms with Crippen LogP contribution in [0.3, 0.4) is 0 Å². The number of hydrogen-bond donors (Lipinski definition) is 0. The first-order chi connectivity index (χ1) is 9.15. The fraction of sp³-hybridized carbons (Fsp3) is 0.308. The highest BCUT2D eigenvalue weighted by molar-refractivity contribution is 9.10. The number of pyridine rings is 1. The van der Waals surface area contributed by atoms with Gasteiger partial charge in [-0.15, -0.1) is 0 Å². The summed E-state index contributed by atoms with van der Waals surface area (Å²) in [6, 6.07) is 3.68. The highest BCUT2D eigenvalue weighted by atomic mass is 79.9. The Morgan fingerprint density at radius 2 is 2.26 bits per heavy atom. The van der Waals surface area contributed by atoms with Crippen molar-refractivity contribution in [3.63, 3.8) is 0 Å². The summed E-state index contributed by atoms with van der Waals surface area (Å²) in [7, 11) is 1.81. The van der Waals surface area contributed by atoms with Crippen molar-refractivity contribution in [3.8, 4) is 0 Å². The maximum Gasteiger partial charge on any atom is 0.274 e. The summed E-state index contributed by atoms with van der Waals surface area (Å²) in [5, 5.41) is 4.16. The molecule has 1 aliphatic heterocycles. The number of carbonyl (C=O) groups excluding carboxylic acids is 1. The molecule has 19 heavy (non-hydrogen) atoms. The Kier molecular flexibility index (Phi) is 3.10. The molecule has 0 N–H and O–H groups in total. The molecule has 0 aromatic carbocycles. The molecule has 1 aliphatic rings. The Morgan fingerprint density at radius 1 is 1.42 bits per heavy atom. The molecule has 0 unspecified atom stereocenters. The monoisotopic (exact) mass is 320 g/mol. The van der Waals surface area contributed by atoms with Crippen molar-refractivity contribution in [3.05, 3.63) is 46.0 Å². The molecule has 0 fully saturated rings. The minimum Gasteiger partial charge on any atom is -0.331 e. The third-order valence-electron chi connectivity index (χ3n) is 3.28. The van der Waals surface area contributed by atoms with Gasteiger partial charge in [0, 0.05) is 30.5 Å². The molecule has 6 heteroatoms. The lowest BCUT2D eigenvalue weighted by molar-refractivity contribution is 0.0725. The smallest absolute Gasteiger partial charge is 0.274 e. The minimum atomic E-state index is -0.0342. The third-order valence-corrected chi connectivity index (χ3v) is 4.02. The van der Waals surface area contributed by atoms with Crippen molar-refractivity contribution in [2.45, 2.75) is 13.0 Å². The van der Waals surface area contributed by atoms with E-state index in [1.54, 1.807) is 35.1 Å². The van der Waals surface area contributed by atoms with Gasteiger partial charge in [-0.3, -0.25) is 14.5 Å². The van der Waals surface area contributed by atoms with E-state index in [1.807, 2.05) is 6.07 Å². The predicted molar refractivity (Wildman–Crippen MR) is 73.6 cm³/mol. The molecule has 0 aliphatic carbocycles. The standard InChI is InChI=1S/C13H13BrN4O/c1-17-6-4-11(16-17)13(19)18-7-3-9-10(14)2-5-15-12(9)8-18/h2,4-6H,3,7-8H2,1H3. The molecule has 0 radical (unpaired) electrons. The van der Waals surface area contributed by atoms with E-state index >= 15 is 0 Å². The van der Waals surface area contributed by atoms with Gasteiger partial charge < -0.3 is 4.90 Å². The van der Waals surface area contributed by atoms with Crippen LogP contribution in [0.1, 0.15) is 21.7 Å². The molecule has 0 atom stereocenters. The van der Waals surface area contributed by atoms with Crippen LogP contribution in [0, 0.1) is 0 Å². The quantitative estimate of drug-likeness (QED) is 0.804. The number of carbonyl (C=O) groups is 1. The molecule has 0 bridgehead atoms. The number of fused-ring (bicyclic) bond motifs is 1. The lowest BCUT2D eigenvalue weighted by atomic mass is 10.1. The van der Waals surface area contributed by atoms with E-state index in [0.29, 0.717) is 18.8 Å². The summed E-state index contributed by atoms with van der Waals surface area (Å²) in [5.74, 6) is -0.0342. The second-order valence-corrected chi connectivity index (χ2v) is 5.42. The summed E-state index contributed by atoms with van der Waals surface area (Å²) < 4.78 is 2.71. The number of nitrogens with zero attached hydrogens (tertiary/aromatic N) is 4. The predicted octanol–water partition coefficient (Wildman–Crippen LogP) is 1.78. The van der Waals surface area contributed by atoms with E-state index in [-0.39, 0.29) is 5.91 Å². The van der Waals surface area contributed by atoms with Gasteiger partial charge in [0.05, 0.1) is 12.2 Å². The maximum atomic E-state index is 12.3. The first-order valence-electron chi connectivity index (χ1n) is 6.06. The van der Waals surface area contributed by atoms with Crippen molar-refractivity contribution in [1.82, 2.24) is 19.7 Å². The molecule has 3 rings (SSSR count). The van der Waals surface area contributed by atoms with Gasteiger partial charge in [0.2, 0.25) is 0 Å². The molecule has 5 nitrogen and oxygen atoms in total. The van der Waals surface area contributed by atoms with Crippen molar-refractivity contribution >= 4 is 21.8 Å². The maximum absolute atomic E-state index is 12.3. The van der Waals surface area contributed by atoms with Gasteiger partial charge in [0.25, 0.3) is 5.91 Å². The number of halogens is 1. The van der Waals surface area contributed by atoms with E-state index in [4.69, 9.17) is 0 Å². The van der Waals surface area contributed by atoms with Gasteiger partial charge in [0.1, 0.15) is 5.69 Å². The molecule has 98 valence electrons. The lowest BCUT2D eigenvalue weighted by Gasteiger charge is -2.28. The third kappa shape index (κ3) is 2.28. The SMILES string of the molecule is Cn1ccc(C(=O)N2CCc3c(Br)ccnc3C2)n1. The second-order valence-electron chi connectivity index (χ2n) is 4.57. The van der Waals surface area contributed by atoms with Gasteiger partial charge in [-0.05, 0) is 24.1 Å². The van der Waals surface area contributed by atoms with Crippen LogP contribution < -0.4 is 0 Å². The number of aryl methyl sites for hydroxylation is 1. The number of rotatable bonds is 1. The van der Waals surface area contributed by atoms with Gasteiger partial charge in [-0.1, -0.05) is 15.9 Å². The average molecular weight is 321 g/mol. The van der Waals surface area contributed by atoms with E-state index in [9.17, 15) is 4.79 Å². The summed E-state index contributed by atoms with van der Waals surface area (Å²) in [6.45, 7) is 1.25. The molecule has 3 heterocycles. The fourth-order valence-electron chi connectivity index (χ4n) is 2.28. The minimum absolute atomic E-state index is 0.0342. The van der Waals surface area contributed by atoms with Crippen LogP contribution in [-0.2, 0) is 20.0 Å². The molecular formula is C13H13BrN4O. The van der Waals surface area contributed by atoms with Crippen molar-refractivity contribution in [2.24, 2.45) is 7.05 Å². The van der Waals surface area contributed by atoms with Gasteiger partial charge >= 0.3 is 0 Å². The number of aromatic nitrogens is 3. The van der Waals surface area contributed by atoms with Gasteiger partial charge in [-0.2, -0.15) is 5.10 Å². The molecule has 2 aromatic rings. The fourth-order valence-corrected chi connectivity index (χ4v) is 2.83. The van der Waals surface area contributed by atoms with E-state index in [1.165, 1.54) is 5.56 Å². The average Bonchev–Trinajstić information content (AvgIpc) is 2.84. The van der Waals surface area contributed by atoms with Gasteiger partial charge in [-0.25, -0.2) is 0 Å². The molecule has 2 aromatic heterocycles. The van der Waals surface area contributed by atoms with E-state index < -0.39 is 0 Å². The Morgan fingerprint density at radius 3 is 3.00 bits per heavy atom. The normalized spacial score (nSPS) is 14.3. The summed E-state index contributed by atoms with van der Waals surface area (Å²) >= 11 is 3.53.